The minimum atomic E-state index is -3.70. The van der Waals surface area contributed by atoms with Gasteiger partial charge in [0, 0.05) is 35.8 Å². The average Bonchev–Trinajstić information content (AvgIpc) is 3.24. The maximum atomic E-state index is 12.6. The Morgan fingerprint density at radius 1 is 1.19 bits per heavy atom. The third-order valence-corrected chi connectivity index (χ3v) is 6.41. The van der Waals surface area contributed by atoms with E-state index in [4.69, 9.17) is 4.74 Å². The molecule has 134 valence electrons. The van der Waals surface area contributed by atoms with Gasteiger partial charge in [0.25, 0.3) is 10.0 Å². The Balaban J connectivity index is 1.62. The molecule has 2 aromatic carbocycles. The molecule has 8 heteroatoms. The Kier molecular flexibility index (Phi) is 4.37. The molecular weight excluding hydrogens is 370 g/mol. The smallest absolute Gasteiger partial charge is 0.262 e. The molecule has 1 aliphatic heterocycles. The molecule has 3 aromatic rings. The minimum Gasteiger partial charge on any atom is -0.497 e. The number of hydrogen-bond donors (Lipinski definition) is 1. The van der Waals surface area contributed by atoms with Crippen molar-refractivity contribution in [3.05, 3.63) is 54.7 Å². The molecule has 6 nitrogen and oxygen atoms in total. The number of methoxy groups -OCH3 is 1. The van der Waals surface area contributed by atoms with Crippen LogP contribution in [0.2, 0.25) is 0 Å². The van der Waals surface area contributed by atoms with Gasteiger partial charge in [0.05, 0.1) is 17.7 Å². The molecule has 0 atom stereocenters. The van der Waals surface area contributed by atoms with E-state index in [1.54, 1.807) is 36.0 Å². The van der Waals surface area contributed by atoms with Gasteiger partial charge in [-0.05, 0) is 24.3 Å². The first kappa shape index (κ1) is 17.0. The summed E-state index contributed by atoms with van der Waals surface area (Å²) in [4.78, 5) is 4.76. The molecule has 0 fully saturated rings. The number of thioether (sulfide) groups is 1. The van der Waals surface area contributed by atoms with Crippen LogP contribution < -0.4 is 9.46 Å². The summed E-state index contributed by atoms with van der Waals surface area (Å²) in [6.45, 7) is 0.954. The number of ether oxygens (including phenoxy) is 1. The zero-order valence-corrected chi connectivity index (χ0v) is 15.7. The van der Waals surface area contributed by atoms with E-state index < -0.39 is 10.0 Å². The van der Waals surface area contributed by atoms with Gasteiger partial charge < -0.3 is 9.30 Å². The van der Waals surface area contributed by atoms with E-state index in [2.05, 4.69) is 14.3 Å². The highest BCUT2D eigenvalue weighted by atomic mass is 32.2. The third-order valence-electron chi connectivity index (χ3n) is 4.07. The monoisotopic (exact) mass is 387 g/mol. The van der Waals surface area contributed by atoms with Gasteiger partial charge in [0.1, 0.15) is 5.75 Å². The second kappa shape index (κ2) is 6.69. The Labute approximate surface area is 156 Å². The molecule has 26 heavy (non-hydrogen) atoms. The van der Waals surface area contributed by atoms with Crippen molar-refractivity contribution in [2.24, 2.45) is 0 Å². The second-order valence-electron chi connectivity index (χ2n) is 5.82. The lowest BCUT2D eigenvalue weighted by Gasteiger charge is -2.10. The number of nitrogens with one attached hydrogen (secondary N) is 1. The molecule has 4 rings (SSSR count). The zero-order chi connectivity index (χ0) is 18.1. The molecule has 0 spiro atoms. The fourth-order valence-electron chi connectivity index (χ4n) is 2.77. The number of nitrogens with zero attached hydrogens (tertiary/aromatic N) is 2. The summed E-state index contributed by atoms with van der Waals surface area (Å²) < 4.78 is 35.1. The summed E-state index contributed by atoms with van der Waals surface area (Å²) in [5, 5.41) is 1.00. The summed E-state index contributed by atoms with van der Waals surface area (Å²) in [7, 11) is -2.20. The number of rotatable bonds is 5. The Morgan fingerprint density at radius 2 is 2.04 bits per heavy atom. The van der Waals surface area contributed by atoms with Crippen LogP contribution in [0.5, 0.6) is 5.75 Å². The Bertz CT molecular complexity index is 1040. The molecule has 1 aromatic heterocycles. The SMILES string of the molecule is COc1cccc(S(=O)(=O)Nc2cccc(-c3cn4c(n3)SCC4)c2)c1. The summed E-state index contributed by atoms with van der Waals surface area (Å²) in [5.41, 5.74) is 2.21. The van der Waals surface area contributed by atoms with Crippen molar-refractivity contribution >= 4 is 27.5 Å². The maximum Gasteiger partial charge on any atom is 0.262 e. The van der Waals surface area contributed by atoms with Crippen molar-refractivity contribution in [2.75, 3.05) is 17.6 Å². The molecule has 0 radical (unpaired) electrons. The van der Waals surface area contributed by atoms with Gasteiger partial charge in [-0.1, -0.05) is 30.0 Å². The predicted molar refractivity (Wildman–Crippen MR) is 102 cm³/mol. The topological polar surface area (TPSA) is 73.2 Å². The van der Waals surface area contributed by atoms with E-state index in [9.17, 15) is 8.42 Å². The Hall–Kier alpha value is -2.45. The van der Waals surface area contributed by atoms with Crippen LogP contribution in [-0.2, 0) is 16.6 Å². The standard InChI is InChI=1S/C18H17N3O3S2/c1-24-15-6-3-7-16(11-15)26(22,23)20-14-5-2-4-13(10-14)17-12-21-8-9-25-18(21)19-17/h2-7,10-12,20H,8-9H2,1H3. The number of fused-ring (bicyclic) bond motifs is 1. The van der Waals surface area contributed by atoms with E-state index in [0.717, 1.165) is 28.7 Å². The van der Waals surface area contributed by atoms with Gasteiger partial charge in [0.2, 0.25) is 0 Å². The molecule has 0 aliphatic carbocycles. The number of aromatic nitrogens is 2. The van der Waals surface area contributed by atoms with Gasteiger partial charge >= 0.3 is 0 Å². The van der Waals surface area contributed by atoms with Crippen molar-refractivity contribution in [1.29, 1.82) is 0 Å². The van der Waals surface area contributed by atoms with Crippen molar-refractivity contribution in [3.8, 4) is 17.0 Å². The van der Waals surface area contributed by atoms with Crippen LogP contribution >= 0.6 is 11.8 Å². The maximum absolute atomic E-state index is 12.6. The van der Waals surface area contributed by atoms with Crippen molar-refractivity contribution in [2.45, 2.75) is 16.6 Å². The summed E-state index contributed by atoms with van der Waals surface area (Å²) in [5.74, 6) is 1.54. The molecule has 2 heterocycles. The molecule has 0 unspecified atom stereocenters. The number of benzene rings is 2. The fraction of sp³-hybridized carbons (Fsp3) is 0.167. The lowest BCUT2D eigenvalue weighted by atomic mass is 10.1. The largest absolute Gasteiger partial charge is 0.497 e. The van der Waals surface area contributed by atoms with E-state index in [1.165, 1.54) is 19.2 Å². The minimum absolute atomic E-state index is 0.152. The van der Waals surface area contributed by atoms with Crippen molar-refractivity contribution < 1.29 is 13.2 Å². The highest BCUT2D eigenvalue weighted by molar-refractivity contribution is 7.99. The first-order chi connectivity index (χ1) is 12.5. The molecule has 1 aliphatic rings. The number of anilines is 1. The number of sulfonamides is 1. The molecule has 1 N–H and O–H groups in total. The van der Waals surface area contributed by atoms with Crippen molar-refractivity contribution in [1.82, 2.24) is 9.55 Å². The van der Waals surface area contributed by atoms with Crippen LogP contribution in [0.15, 0.2) is 64.8 Å². The van der Waals surface area contributed by atoms with Gasteiger partial charge in [-0.15, -0.1) is 0 Å². The average molecular weight is 387 g/mol. The first-order valence-electron chi connectivity index (χ1n) is 8.02. The van der Waals surface area contributed by atoms with E-state index in [-0.39, 0.29) is 4.90 Å². The summed E-state index contributed by atoms with van der Waals surface area (Å²) >= 11 is 1.73. The molecule has 0 saturated heterocycles. The van der Waals surface area contributed by atoms with Gasteiger partial charge in [-0.25, -0.2) is 13.4 Å². The van der Waals surface area contributed by atoms with E-state index >= 15 is 0 Å². The normalized spacial score (nSPS) is 13.4. The van der Waals surface area contributed by atoms with Crippen molar-refractivity contribution in [3.63, 3.8) is 0 Å². The van der Waals surface area contributed by atoms with Gasteiger partial charge in [0.15, 0.2) is 5.16 Å². The summed E-state index contributed by atoms with van der Waals surface area (Å²) in [6, 6.07) is 13.6. The number of aryl methyl sites for hydroxylation is 1. The van der Waals surface area contributed by atoms with Crippen LogP contribution in [0.4, 0.5) is 5.69 Å². The van der Waals surface area contributed by atoms with E-state index in [1.807, 2.05) is 18.3 Å². The number of imidazole rings is 1. The van der Waals surface area contributed by atoms with Gasteiger partial charge in [-0.3, -0.25) is 4.72 Å². The van der Waals surface area contributed by atoms with Crippen LogP contribution in [0, 0.1) is 0 Å². The third kappa shape index (κ3) is 3.30. The quantitative estimate of drug-likeness (QED) is 0.726. The molecule has 0 amide bonds. The predicted octanol–water partition coefficient (Wildman–Crippen LogP) is 3.47. The molecular formula is C18H17N3O3S2. The van der Waals surface area contributed by atoms with Crippen LogP contribution in [0.25, 0.3) is 11.3 Å². The lowest BCUT2D eigenvalue weighted by Crippen LogP contribution is -2.13. The highest BCUT2D eigenvalue weighted by Gasteiger charge is 2.17. The van der Waals surface area contributed by atoms with E-state index in [0.29, 0.717) is 11.4 Å². The Morgan fingerprint density at radius 3 is 2.85 bits per heavy atom. The lowest BCUT2D eigenvalue weighted by molar-refractivity contribution is 0.413. The van der Waals surface area contributed by atoms with Crippen LogP contribution in [-0.4, -0.2) is 30.8 Å². The fourth-order valence-corrected chi connectivity index (χ4v) is 4.80. The number of hydrogen-bond acceptors (Lipinski definition) is 5. The molecule has 0 saturated carbocycles. The molecule has 0 bridgehead atoms. The second-order valence-corrected chi connectivity index (χ2v) is 8.56. The highest BCUT2D eigenvalue weighted by Crippen LogP contribution is 2.30. The van der Waals surface area contributed by atoms with Crippen LogP contribution in [0.3, 0.4) is 0 Å². The first-order valence-corrected chi connectivity index (χ1v) is 10.5. The zero-order valence-electron chi connectivity index (χ0n) is 14.0. The van der Waals surface area contributed by atoms with Gasteiger partial charge in [-0.2, -0.15) is 0 Å². The van der Waals surface area contributed by atoms with Crippen LogP contribution in [0.1, 0.15) is 0 Å². The summed E-state index contributed by atoms with van der Waals surface area (Å²) in [6.07, 6.45) is 2.00.